The summed E-state index contributed by atoms with van der Waals surface area (Å²) < 4.78 is 6.10. The van der Waals surface area contributed by atoms with E-state index >= 15 is 0 Å². The van der Waals surface area contributed by atoms with Gasteiger partial charge in [-0.15, -0.1) is 11.8 Å². The molecular formula is C20H18N2OS. The van der Waals surface area contributed by atoms with Crippen LogP contribution in [0.3, 0.4) is 0 Å². The quantitative estimate of drug-likeness (QED) is 0.374. The van der Waals surface area contributed by atoms with Gasteiger partial charge in [0.2, 0.25) is 5.88 Å². The Morgan fingerprint density at radius 1 is 0.958 bits per heavy atom. The highest BCUT2D eigenvalue weighted by Gasteiger charge is 2.23. The molecule has 0 saturated heterocycles. The fourth-order valence-corrected chi connectivity index (χ4v) is 3.50. The van der Waals surface area contributed by atoms with Crippen molar-refractivity contribution in [3.63, 3.8) is 0 Å². The molecule has 0 radical (unpaired) electrons. The SMILES string of the molecule is CSc1nc(-c2ccc(C)cc2)nc2c1Cc1cc(C)ccc1O2. The Morgan fingerprint density at radius 3 is 2.46 bits per heavy atom. The maximum Gasteiger partial charge on any atom is 0.227 e. The van der Waals surface area contributed by atoms with Crippen molar-refractivity contribution in [3.8, 4) is 23.0 Å². The summed E-state index contributed by atoms with van der Waals surface area (Å²) in [4.78, 5) is 9.47. The van der Waals surface area contributed by atoms with Gasteiger partial charge in [-0.2, -0.15) is 4.98 Å². The summed E-state index contributed by atoms with van der Waals surface area (Å²) in [6.45, 7) is 4.18. The number of fused-ring (bicyclic) bond motifs is 2. The first-order valence-electron chi connectivity index (χ1n) is 7.93. The van der Waals surface area contributed by atoms with Crippen molar-refractivity contribution < 1.29 is 4.74 Å². The molecule has 0 aliphatic carbocycles. The van der Waals surface area contributed by atoms with E-state index in [9.17, 15) is 0 Å². The van der Waals surface area contributed by atoms with Crippen LogP contribution in [-0.2, 0) is 6.42 Å². The molecule has 4 rings (SSSR count). The van der Waals surface area contributed by atoms with E-state index in [1.807, 2.05) is 12.3 Å². The monoisotopic (exact) mass is 334 g/mol. The zero-order chi connectivity index (χ0) is 16.7. The van der Waals surface area contributed by atoms with Crippen LogP contribution in [-0.4, -0.2) is 16.2 Å². The van der Waals surface area contributed by atoms with E-state index in [4.69, 9.17) is 14.7 Å². The van der Waals surface area contributed by atoms with Gasteiger partial charge in [0.25, 0.3) is 0 Å². The van der Waals surface area contributed by atoms with E-state index in [1.165, 1.54) is 16.7 Å². The number of hydrogen-bond acceptors (Lipinski definition) is 4. The number of ether oxygens (including phenoxy) is 1. The minimum absolute atomic E-state index is 0.682. The van der Waals surface area contributed by atoms with Crippen LogP contribution < -0.4 is 4.74 Å². The molecule has 0 bridgehead atoms. The van der Waals surface area contributed by atoms with E-state index in [2.05, 4.69) is 50.2 Å². The van der Waals surface area contributed by atoms with Gasteiger partial charge in [-0.3, -0.25) is 0 Å². The lowest BCUT2D eigenvalue weighted by atomic mass is 10.0. The van der Waals surface area contributed by atoms with Crippen molar-refractivity contribution >= 4 is 11.8 Å². The molecule has 3 nitrogen and oxygen atoms in total. The third-order valence-electron chi connectivity index (χ3n) is 4.22. The molecule has 0 fully saturated rings. The molecule has 0 spiro atoms. The van der Waals surface area contributed by atoms with Gasteiger partial charge in [0.1, 0.15) is 10.8 Å². The molecule has 0 amide bonds. The van der Waals surface area contributed by atoms with Crippen LogP contribution in [0, 0.1) is 13.8 Å². The van der Waals surface area contributed by atoms with Crippen LogP contribution in [0.2, 0.25) is 0 Å². The summed E-state index contributed by atoms with van der Waals surface area (Å²) in [5, 5.41) is 0.989. The number of nitrogens with zero attached hydrogens (tertiary/aromatic N) is 2. The summed E-state index contributed by atoms with van der Waals surface area (Å²) in [6.07, 6.45) is 2.87. The van der Waals surface area contributed by atoms with E-state index < -0.39 is 0 Å². The van der Waals surface area contributed by atoms with Crippen LogP contribution in [0.4, 0.5) is 0 Å². The second kappa shape index (κ2) is 5.95. The zero-order valence-electron chi connectivity index (χ0n) is 14.0. The topological polar surface area (TPSA) is 35.0 Å². The predicted octanol–water partition coefficient (Wildman–Crippen LogP) is 5.18. The average molecular weight is 334 g/mol. The lowest BCUT2D eigenvalue weighted by Gasteiger charge is -2.21. The van der Waals surface area contributed by atoms with Gasteiger partial charge in [0.05, 0.1) is 5.56 Å². The first-order valence-corrected chi connectivity index (χ1v) is 9.16. The standard InChI is InChI=1S/C20H18N2OS/c1-12-4-7-14(8-5-12)18-21-19-16(20(22-18)24-3)11-15-10-13(2)6-9-17(15)23-19/h4-10H,11H2,1-3H3. The second-order valence-corrected chi connectivity index (χ2v) is 6.89. The molecule has 1 aliphatic heterocycles. The minimum atomic E-state index is 0.682. The fraction of sp³-hybridized carbons (Fsp3) is 0.200. The summed E-state index contributed by atoms with van der Waals surface area (Å²) in [6, 6.07) is 14.5. The highest BCUT2D eigenvalue weighted by atomic mass is 32.2. The lowest BCUT2D eigenvalue weighted by Crippen LogP contribution is -2.09. The Kier molecular flexibility index (Phi) is 3.77. The molecule has 0 saturated carbocycles. The first kappa shape index (κ1) is 15.2. The second-order valence-electron chi connectivity index (χ2n) is 6.10. The molecule has 0 atom stereocenters. The fourth-order valence-electron chi connectivity index (χ4n) is 2.92. The molecule has 120 valence electrons. The van der Waals surface area contributed by atoms with E-state index in [0.29, 0.717) is 11.7 Å². The van der Waals surface area contributed by atoms with Gasteiger partial charge >= 0.3 is 0 Å². The van der Waals surface area contributed by atoms with Crippen molar-refractivity contribution in [1.29, 1.82) is 0 Å². The van der Waals surface area contributed by atoms with Gasteiger partial charge in [-0.05, 0) is 31.7 Å². The van der Waals surface area contributed by atoms with Crippen molar-refractivity contribution in [2.24, 2.45) is 0 Å². The average Bonchev–Trinajstić information content (AvgIpc) is 2.59. The summed E-state index contributed by atoms with van der Waals surface area (Å²) in [5.41, 5.74) is 5.75. The Balaban J connectivity index is 1.82. The Labute approximate surface area is 146 Å². The van der Waals surface area contributed by atoms with Gasteiger partial charge in [-0.1, -0.05) is 47.5 Å². The highest BCUT2D eigenvalue weighted by molar-refractivity contribution is 7.98. The first-order chi connectivity index (χ1) is 11.6. The van der Waals surface area contributed by atoms with Crippen LogP contribution >= 0.6 is 11.8 Å². The molecule has 3 aromatic rings. The molecule has 1 aromatic heterocycles. The molecule has 0 unspecified atom stereocenters. The molecule has 4 heteroatoms. The minimum Gasteiger partial charge on any atom is -0.438 e. The van der Waals surface area contributed by atoms with Crippen molar-refractivity contribution in [2.45, 2.75) is 25.3 Å². The number of benzene rings is 2. The van der Waals surface area contributed by atoms with E-state index in [0.717, 1.165) is 28.3 Å². The molecule has 2 aromatic carbocycles. The predicted molar refractivity (Wildman–Crippen MR) is 98.0 cm³/mol. The summed E-state index contributed by atoms with van der Waals surface area (Å²) >= 11 is 1.64. The van der Waals surface area contributed by atoms with Crippen molar-refractivity contribution in [3.05, 3.63) is 64.7 Å². The number of rotatable bonds is 2. The van der Waals surface area contributed by atoms with Crippen molar-refractivity contribution in [2.75, 3.05) is 6.26 Å². The van der Waals surface area contributed by atoms with Gasteiger partial charge < -0.3 is 4.74 Å². The third kappa shape index (κ3) is 2.67. The van der Waals surface area contributed by atoms with E-state index in [-0.39, 0.29) is 0 Å². The van der Waals surface area contributed by atoms with Gasteiger partial charge in [0, 0.05) is 12.0 Å². The maximum absolute atomic E-state index is 6.10. The Hall–Kier alpha value is -2.33. The highest BCUT2D eigenvalue weighted by Crippen LogP contribution is 2.40. The van der Waals surface area contributed by atoms with Crippen molar-refractivity contribution in [1.82, 2.24) is 9.97 Å². The largest absolute Gasteiger partial charge is 0.438 e. The maximum atomic E-state index is 6.10. The Morgan fingerprint density at radius 2 is 1.71 bits per heavy atom. The third-order valence-corrected chi connectivity index (χ3v) is 4.95. The normalized spacial score (nSPS) is 12.3. The Bertz CT molecular complexity index is 920. The van der Waals surface area contributed by atoms with Crippen LogP contribution in [0.25, 0.3) is 11.4 Å². The molecule has 1 aliphatic rings. The lowest BCUT2D eigenvalue weighted by molar-refractivity contribution is 0.435. The number of hydrogen-bond donors (Lipinski definition) is 0. The number of aromatic nitrogens is 2. The molecular weight excluding hydrogens is 316 g/mol. The summed E-state index contributed by atoms with van der Waals surface area (Å²) in [5.74, 6) is 2.30. The molecule has 0 N–H and O–H groups in total. The van der Waals surface area contributed by atoms with Gasteiger partial charge in [0.15, 0.2) is 5.82 Å². The molecule has 2 heterocycles. The number of thioether (sulfide) groups is 1. The van der Waals surface area contributed by atoms with Crippen LogP contribution in [0.5, 0.6) is 11.6 Å². The number of aryl methyl sites for hydroxylation is 2. The van der Waals surface area contributed by atoms with E-state index in [1.54, 1.807) is 11.8 Å². The summed E-state index contributed by atoms with van der Waals surface area (Å²) in [7, 11) is 0. The van der Waals surface area contributed by atoms with Crippen LogP contribution in [0.15, 0.2) is 47.5 Å². The zero-order valence-corrected chi connectivity index (χ0v) is 14.8. The smallest absolute Gasteiger partial charge is 0.227 e. The van der Waals surface area contributed by atoms with Gasteiger partial charge in [-0.25, -0.2) is 4.98 Å². The van der Waals surface area contributed by atoms with Crippen LogP contribution in [0.1, 0.15) is 22.3 Å². The molecule has 24 heavy (non-hydrogen) atoms.